The number of pyridine rings is 1. The molecule has 3 heterocycles. The zero-order valence-electron chi connectivity index (χ0n) is 21.0. The number of nitrogens with one attached hydrogen (secondary N) is 2. The van der Waals surface area contributed by atoms with E-state index in [9.17, 15) is 14.9 Å². The fourth-order valence-electron chi connectivity index (χ4n) is 4.45. The third-order valence-electron chi connectivity index (χ3n) is 6.40. The molecule has 1 fully saturated rings. The van der Waals surface area contributed by atoms with Crippen molar-refractivity contribution < 1.29 is 14.1 Å². The van der Waals surface area contributed by atoms with Crippen LogP contribution < -0.4 is 15.5 Å². The largest absolute Gasteiger partial charge is 0.459 e. The zero-order valence-corrected chi connectivity index (χ0v) is 22.6. The highest BCUT2D eigenvalue weighted by Crippen LogP contribution is 2.44. The fourth-order valence-corrected chi connectivity index (χ4v) is 5.02. The summed E-state index contributed by atoms with van der Waals surface area (Å²) in [7, 11) is 0. The Morgan fingerprint density at radius 2 is 1.92 bits per heavy atom. The summed E-state index contributed by atoms with van der Waals surface area (Å²) in [6, 6.07) is 19.9. The molecule has 1 amide bonds. The number of thiocarbonyl (C=S) groups is 1. The number of furan rings is 1. The molecule has 198 valence electrons. The second-order valence-electron chi connectivity index (χ2n) is 9.28. The Morgan fingerprint density at radius 1 is 1.15 bits per heavy atom. The molecule has 0 aliphatic carbocycles. The number of carbonyl (C=O) groups is 1. The normalized spacial score (nSPS) is 16.8. The first kappa shape index (κ1) is 26.3. The van der Waals surface area contributed by atoms with Gasteiger partial charge in [0.05, 0.1) is 32.9 Å². The molecule has 4 aromatic rings. The summed E-state index contributed by atoms with van der Waals surface area (Å²) in [4.78, 5) is 29.8. The molecule has 0 bridgehead atoms. The molecule has 2 aromatic heterocycles. The SMILES string of the molecule is CC(C)C(=O)Nc1ccc(N2C(=S)N[C@@H](c3ccccn3)[C@H]2c2ccc(-c3ccccc3[N+](=O)[O-])o2)cc1Cl. The summed E-state index contributed by atoms with van der Waals surface area (Å²) in [6.07, 6.45) is 1.70. The van der Waals surface area contributed by atoms with Gasteiger partial charge in [-0.2, -0.15) is 0 Å². The molecule has 0 saturated carbocycles. The smallest absolute Gasteiger partial charge is 0.280 e. The molecule has 11 heteroatoms. The summed E-state index contributed by atoms with van der Waals surface area (Å²) in [5.74, 6) is 0.543. The van der Waals surface area contributed by atoms with E-state index < -0.39 is 11.0 Å². The molecule has 0 radical (unpaired) electrons. The Kier molecular flexibility index (Phi) is 7.32. The highest BCUT2D eigenvalue weighted by Gasteiger charge is 2.43. The maximum atomic E-state index is 12.2. The standard InChI is InChI=1S/C28H24ClN5O4S/c1-16(2)27(35)31-20-11-10-17(15-19(20)29)33-26(25(32-28(33)39)21-8-5-6-14-30-21)24-13-12-23(38-24)18-7-3-4-9-22(18)34(36)37/h3-16,25-26H,1-2H3,(H,31,35)(H,32,39)/t25-,26+/m0/s1. The van der Waals surface area contributed by atoms with Gasteiger partial charge in [0.2, 0.25) is 5.91 Å². The molecular formula is C28H24ClN5O4S. The van der Waals surface area contributed by atoms with Crippen molar-refractivity contribution in [2.75, 3.05) is 10.2 Å². The molecule has 9 nitrogen and oxygen atoms in total. The van der Waals surface area contributed by atoms with Crippen LogP contribution in [0.2, 0.25) is 5.02 Å². The van der Waals surface area contributed by atoms with E-state index in [-0.39, 0.29) is 23.6 Å². The number of nitrogens with zero attached hydrogens (tertiary/aromatic N) is 3. The Balaban J connectivity index is 1.57. The van der Waals surface area contributed by atoms with Gasteiger partial charge >= 0.3 is 0 Å². The lowest BCUT2D eigenvalue weighted by Gasteiger charge is -2.26. The lowest BCUT2D eigenvalue weighted by Crippen LogP contribution is -2.29. The van der Waals surface area contributed by atoms with Crippen LogP contribution in [0.4, 0.5) is 17.1 Å². The molecule has 0 spiro atoms. The van der Waals surface area contributed by atoms with Gasteiger partial charge in [0, 0.05) is 23.9 Å². The number of nitro benzene ring substituents is 1. The van der Waals surface area contributed by atoms with Crippen molar-refractivity contribution in [1.82, 2.24) is 10.3 Å². The minimum Gasteiger partial charge on any atom is -0.459 e. The lowest BCUT2D eigenvalue weighted by atomic mass is 10.0. The van der Waals surface area contributed by atoms with Crippen molar-refractivity contribution >= 4 is 51.9 Å². The minimum absolute atomic E-state index is 0.0533. The van der Waals surface area contributed by atoms with Crippen molar-refractivity contribution in [1.29, 1.82) is 0 Å². The average Bonchev–Trinajstić information content (AvgIpc) is 3.54. The van der Waals surface area contributed by atoms with Gasteiger partial charge in [-0.25, -0.2) is 0 Å². The minimum atomic E-state index is -0.490. The number of halogens is 1. The first-order valence-electron chi connectivity index (χ1n) is 12.2. The van der Waals surface area contributed by atoms with Gasteiger partial charge in [-0.1, -0.05) is 43.6 Å². The van der Waals surface area contributed by atoms with Crippen molar-refractivity contribution in [3.05, 3.63) is 106 Å². The van der Waals surface area contributed by atoms with Gasteiger partial charge in [0.1, 0.15) is 17.6 Å². The monoisotopic (exact) mass is 561 g/mol. The maximum Gasteiger partial charge on any atom is 0.280 e. The predicted octanol–water partition coefficient (Wildman–Crippen LogP) is 6.67. The second-order valence-corrected chi connectivity index (χ2v) is 10.1. The van der Waals surface area contributed by atoms with Crippen LogP contribution >= 0.6 is 23.8 Å². The molecule has 2 atom stereocenters. The number of anilines is 2. The second kappa shape index (κ2) is 10.8. The Bertz CT molecular complexity index is 1560. The van der Waals surface area contributed by atoms with E-state index in [1.807, 2.05) is 29.2 Å². The maximum absolute atomic E-state index is 12.2. The number of aromatic nitrogens is 1. The third kappa shape index (κ3) is 5.21. The van der Waals surface area contributed by atoms with Crippen LogP contribution in [0, 0.1) is 16.0 Å². The molecular weight excluding hydrogens is 538 g/mol. The van der Waals surface area contributed by atoms with Crippen LogP contribution in [-0.4, -0.2) is 20.9 Å². The average molecular weight is 562 g/mol. The number of amides is 1. The van der Waals surface area contributed by atoms with E-state index in [4.69, 9.17) is 28.2 Å². The van der Waals surface area contributed by atoms with Crippen molar-refractivity contribution in [2.24, 2.45) is 5.92 Å². The third-order valence-corrected chi connectivity index (χ3v) is 7.02. The number of carbonyl (C=O) groups excluding carboxylic acids is 1. The van der Waals surface area contributed by atoms with E-state index in [0.717, 1.165) is 5.69 Å². The van der Waals surface area contributed by atoms with Crippen LogP contribution in [0.5, 0.6) is 0 Å². The van der Waals surface area contributed by atoms with E-state index in [0.29, 0.717) is 38.6 Å². The Morgan fingerprint density at radius 3 is 2.62 bits per heavy atom. The van der Waals surface area contributed by atoms with E-state index in [1.165, 1.54) is 6.07 Å². The van der Waals surface area contributed by atoms with Crippen molar-refractivity contribution in [3.63, 3.8) is 0 Å². The lowest BCUT2D eigenvalue weighted by molar-refractivity contribution is -0.384. The summed E-state index contributed by atoms with van der Waals surface area (Å²) >= 11 is 12.3. The summed E-state index contributed by atoms with van der Waals surface area (Å²) in [5, 5.41) is 18.6. The molecule has 2 N–H and O–H groups in total. The number of hydrogen-bond donors (Lipinski definition) is 2. The number of benzene rings is 2. The van der Waals surface area contributed by atoms with E-state index in [2.05, 4.69) is 15.6 Å². The molecule has 0 unspecified atom stereocenters. The molecule has 1 aliphatic rings. The van der Waals surface area contributed by atoms with Crippen LogP contribution in [-0.2, 0) is 4.79 Å². The van der Waals surface area contributed by atoms with Gasteiger partial charge in [0.25, 0.3) is 5.69 Å². The molecule has 5 rings (SSSR count). The summed E-state index contributed by atoms with van der Waals surface area (Å²) in [5.41, 5.74) is 2.22. The van der Waals surface area contributed by atoms with Crippen LogP contribution in [0.1, 0.15) is 37.4 Å². The van der Waals surface area contributed by atoms with Crippen LogP contribution in [0.15, 0.2) is 83.4 Å². The van der Waals surface area contributed by atoms with Gasteiger partial charge in [-0.05, 0) is 60.7 Å². The van der Waals surface area contributed by atoms with Gasteiger partial charge in [-0.3, -0.25) is 19.9 Å². The quantitative estimate of drug-likeness (QED) is 0.146. The molecule has 39 heavy (non-hydrogen) atoms. The van der Waals surface area contributed by atoms with Gasteiger partial charge in [0.15, 0.2) is 5.11 Å². The highest BCUT2D eigenvalue weighted by molar-refractivity contribution is 7.80. The number of nitro groups is 1. The van der Waals surface area contributed by atoms with Crippen molar-refractivity contribution in [2.45, 2.75) is 25.9 Å². The van der Waals surface area contributed by atoms with Crippen LogP contribution in [0.3, 0.4) is 0 Å². The van der Waals surface area contributed by atoms with Crippen LogP contribution in [0.25, 0.3) is 11.3 Å². The molecule has 2 aromatic carbocycles. The first-order chi connectivity index (χ1) is 18.7. The first-order valence-corrected chi connectivity index (χ1v) is 13.0. The van der Waals surface area contributed by atoms with Gasteiger partial charge < -0.3 is 20.0 Å². The Hall–Kier alpha value is -4.28. The predicted molar refractivity (Wildman–Crippen MR) is 154 cm³/mol. The van der Waals surface area contributed by atoms with E-state index in [1.54, 1.807) is 62.5 Å². The van der Waals surface area contributed by atoms with Crippen molar-refractivity contribution in [3.8, 4) is 11.3 Å². The Labute approximate surface area is 235 Å². The van der Waals surface area contributed by atoms with E-state index >= 15 is 0 Å². The fraction of sp³-hybridized carbons (Fsp3) is 0.179. The number of hydrogen-bond acceptors (Lipinski definition) is 6. The molecule has 1 aliphatic heterocycles. The molecule has 1 saturated heterocycles. The summed E-state index contributed by atoms with van der Waals surface area (Å²) in [6.45, 7) is 3.60. The topological polar surface area (TPSA) is 114 Å². The summed E-state index contributed by atoms with van der Waals surface area (Å²) < 4.78 is 6.27. The highest BCUT2D eigenvalue weighted by atomic mass is 35.5. The zero-order chi connectivity index (χ0) is 27.7. The number of para-hydroxylation sites is 1. The van der Waals surface area contributed by atoms with Gasteiger partial charge in [-0.15, -0.1) is 0 Å². The number of rotatable bonds is 7.